The molecule has 0 atom stereocenters. The number of ether oxygens (including phenoxy) is 2. The number of nitrogens with zero attached hydrogens (tertiary/aromatic N) is 3. The van der Waals surface area contributed by atoms with Gasteiger partial charge in [0, 0.05) is 29.9 Å². The number of amides is 1. The molecule has 0 spiro atoms. The Labute approximate surface area is 147 Å². The van der Waals surface area contributed by atoms with Crippen LogP contribution >= 0.6 is 11.3 Å². The van der Waals surface area contributed by atoms with E-state index < -0.39 is 0 Å². The Balaban J connectivity index is 1.65. The van der Waals surface area contributed by atoms with Crippen molar-refractivity contribution in [2.24, 2.45) is 0 Å². The predicted molar refractivity (Wildman–Crippen MR) is 91.7 cm³/mol. The highest BCUT2D eigenvalue weighted by Crippen LogP contribution is 2.33. The largest absolute Gasteiger partial charge is 0.483 e. The van der Waals surface area contributed by atoms with E-state index in [1.54, 1.807) is 12.4 Å². The van der Waals surface area contributed by atoms with E-state index in [1.807, 2.05) is 29.0 Å². The molecule has 1 aliphatic heterocycles. The predicted octanol–water partition coefficient (Wildman–Crippen LogP) is 2.30. The minimum atomic E-state index is -0.343. The maximum atomic E-state index is 12.7. The molecule has 0 aromatic carbocycles. The zero-order chi connectivity index (χ0) is 17.1. The van der Waals surface area contributed by atoms with Crippen LogP contribution in [-0.4, -0.2) is 34.1 Å². The zero-order valence-corrected chi connectivity index (χ0v) is 14.0. The fourth-order valence-electron chi connectivity index (χ4n) is 2.38. The molecule has 4 rings (SSSR count). The Morgan fingerprint density at radius 2 is 2.16 bits per heavy atom. The van der Waals surface area contributed by atoms with Gasteiger partial charge in [-0.15, -0.1) is 0 Å². The number of hydrogen-bond acceptors (Lipinski definition) is 7. The monoisotopic (exact) mass is 354 g/mol. The highest BCUT2D eigenvalue weighted by Gasteiger charge is 2.25. The summed E-state index contributed by atoms with van der Waals surface area (Å²) in [6.45, 7) is 1.10. The third kappa shape index (κ3) is 3.29. The molecule has 0 radical (unpaired) electrons. The number of pyridine rings is 1. The van der Waals surface area contributed by atoms with Gasteiger partial charge >= 0.3 is 0 Å². The van der Waals surface area contributed by atoms with Crippen molar-refractivity contribution < 1.29 is 14.3 Å². The van der Waals surface area contributed by atoms with E-state index in [2.05, 4.69) is 20.3 Å². The fourth-order valence-corrected chi connectivity index (χ4v) is 3.02. The SMILES string of the molecule is O=C(NCc1cccnc1)c1nc(-c2ccsc2)nc2c1OCCO2. The molecule has 0 fully saturated rings. The highest BCUT2D eigenvalue weighted by atomic mass is 32.1. The van der Waals surface area contributed by atoms with E-state index in [0.717, 1.165) is 11.1 Å². The van der Waals surface area contributed by atoms with Gasteiger partial charge in [-0.25, -0.2) is 4.98 Å². The zero-order valence-electron chi connectivity index (χ0n) is 13.1. The van der Waals surface area contributed by atoms with Crippen LogP contribution in [0.5, 0.6) is 11.6 Å². The van der Waals surface area contributed by atoms with Gasteiger partial charge in [0.15, 0.2) is 11.5 Å². The third-order valence-electron chi connectivity index (χ3n) is 3.57. The first-order valence-corrected chi connectivity index (χ1v) is 8.63. The van der Waals surface area contributed by atoms with Crippen molar-refractivity contribution in [1.82, 2.24) is 20.3 Å². The lowest BCUT2D eigenvalue weighted by molar-refractivity contribution is 0.0931. The van der Waals surface area contributed by atoms with Crippen LogP contribution in [0, 0.1) is 0 Å². The average molecular weight is 354 g/mol. The van der Waals surface area contributed by atoms with Crippen molar-refractivity contribution >= 4 is 17.2 Å². The Bertz CT molecular complexity index is 884. The lowest BCUT2D eigenvalue weighted by Crippen LogP contribution is -2.27. The molecule has 3 aromatic rings. The molecular formula is C17H14N4O3S. The van der Waals surface area contributed by atoms with Crippen LogP contribution in [0.25, 0.3) is 11.4 Å². The summed E-state index contributed by atoms with van der Waals surface area (Å²) in [6, 6.07) is 5.60. The molecule has 0 unspecified atom stereocenters. The first-order chi connectivity index (χ1) is 12.3. The molecule has 1 N–H and O–H groups in total. The van der Waals surface area contributed by atoms with Crippen LogP contribution in [0.1, 0.15) is 16.1 Å². The summed E-state index contributed by atoms with van der Waals surface area (Å²) in [5.41, 5.74) is 1.91. The number of carbonyl (C=O) groups excluding carboxylic acids is 1. The Hall–Kier alpha value is -3.00. The molecular weight excluding hydrogens is 340 g/mol. The van der Waals surface area contributed by atoms with Crippen molar-refractivity contribution in [2.45, 2.75) is 6.54 Å². The molecule has 126 valence electrons. The van der Waals surface area contributed by atoms with E-state index in [-0.39, 0.29) is 17.4 Å². The Kier molecular flexibility index (Phi) is 4.26. The molecule has 1 amide bonds. The van der Waals surface area contributed by atoms with Gasteiger partial charge in [0.2, 0.25) is 5.75 Å². The second-order valence-electron chi connectivity index (χ2n) is 5.28. The summed E-state index contributed by atoms with van der Waals surface area (Å²) in [4.78, 5) is 25.5. The average Bonchev–Trinajstić information content (AvgIpc) is 3.21. The van der Waals surface area contributed by atoms with Crippen molar-refractivity contribution in [2.75, 3.05) is 13.2 Å². The van der Waals surface area contributed by atoms with E-state index in [9.17, 15) is 4.79 Å². The molecule has 7 nitrogen and oxygen atoms in total. The van der Waals surface area contributed by atoms with E-state index >= 15 is 0 Å². The number of thiophene rings is 1. The maximum absolute atomic E-state index is 12.7. The molecule has 0 aliphatic carbocycles. The van der Waals surface area contributed by atoms with Crippen molar-refractivity contribution in [3.63, 3.8) is 0 Å². The van der Waals surface area contributed by atoms with Gasteiger partial charge in [0.1, 0.15) is 13.2 Å². The van der Waals surface area contributed by atoms with Gasteiger partial charge in [0.05, 0.1) is 0 Å². The minimum Gasteiger partial charge on any atom is -0.483 e. The Morgan fingerprint density at radius 3 is 2.96 bits per heavy atom. The van der Waals surface area contributed by atoms with E-state index in [0.29, 0.717) is 31.5 Å². The number of rotatable bonds is 4. The van der Waals surface area contributed by atoms with Crippen LogP contribution in [-0.2, 0) is 6.54 Å². The standard InChI is InChI=1S/C17H14N4O3S/c22-16(19-9-11-2-1-4-18-8-11)13-14-17(24-6-5-23-14)21-15(20-13)12-3-7-25-10-12/h1-4,7-8,10H,5-6,9H2,(H,19,22). The fraction of sp³-hybridized carbons (Fsp3) is 0.176. The third-order valence-corrected chi connectivity index (χ3v) is 4.26. The van der Waals surface area contributed by atoms with Crippen LogP contribution in [0.15, 0.2) is 41.4 Å². The first-order valence-electron chi connectivity index (χ1n) is 7.68. The summed E-state index contributed by atoms with van der Waals surface area (Å²) in [6.07, 6.45) is 3.39. The summed E-state index contributed by atoms with van der Waals surface area (Å²) in [7, 11) is 0. The topological polar surface area (TPSA) is 86.2 Å². The first kappa shape index (κ1) is 15.5. The smallest absolute Gasteiger partial charge is 0.274 e. The quantitative estimate of drug-likeness (QED) is 0.774. The number of aromatic nitrogens is 3. The molecule has 0 saturated carbocycles. The highest BCUT2D eigenvalue weighted by molar-refractivity contribution is 7.08. The molecule has 3 aromatic heterocycles. The number of nitrogens with one attached hydrogen (secondary N) is 1. The number of fused-ring (bicyclic) bond motifs is 1. The van der Waals surface area contributed by atoms with E-state index in [4.69, 9.17) is 9.47 Å². The van der Waals surface area contributed by atoms with Gasteiger partial charge in [0.25, 0.3) is 11.8 Å². The lowest BCUT2D eigenvalue weighted by atomic mass is 10.2. The summed E-state index contributed by atoms with van der Waals surface area (Å²) in [5.74, 6) is 0.685. The Morgan fingerprint density at radius 1 is 1.24 bits per heavy atom. The van der Waals surface area contributed by atoms with Crippen LogP contribution in [0.3, 0.4) is 0 Å². The van der Waals surface area contributed by atoms with Crippen LogP contribution < -0.4 is 14.8 Å². The van der Waals surface area contributed by atoms with Gasteiger partial charge in [-0.2, -0.15) is 16.3 Å². The van der Waals surface area contributed by atoms with Gasteiger partial charge < -0.3 is 14.8 Å². The molecule has 0 saturated heterocycles. The molecule has 8 heteroatoms. The number of hydrogen-bond donors (Lipinski definition) is 1. The lowest BCUT2D eigenvalue weighted by Gasteiger charge is -2.20. The van der Waals surface area contributed by atoms with Crippen molar-refractivity contribution in [3.05, 3.63) is 52.6 Å². The van der Waals surface area contributed by atoms with Crippen molar-refractivity contribution in [3.8, 4) is 23.0 Å². The van der Waals surface area contributed by atoms with E-state index in [1.165, 1.54) is 11.3 Å². The summed E-state index contributed by atoms with van der Waals surface area (Å²) >= 11 is 1.53. The maximum Gasteiger partial charge on any atom is 0.274 e. The van der Waals surface area contributed by atoms with Gasteiger partial charge in [-0.3, -0.25) is 9.78 Å². The number of carbonyl (C=O) groups is 1. The minimum absolute atomic E-state index is 0.176. The second-order valence-corrected chi connectivity index (χ2v) is 6.06. The van der Waals surface area contributed by atoms with Gasteiger partial charge in [-0.1, -0.05) is 6.07 Å². The molecule has 25 heavy (non-hydrogen) atoms. The summed E-state index contributed by atoms with van der Waals surface area (Å²) in [5, 5.41) is 6.68. The molecule has 4 heterocycles. The van der Waals surface area contributed by atoms with Gasteiger partial charge in [-0.05, 0) is 23.1 Å². The van der Waals surface area contributed by atoms with Crippen molar-refractivity contribution in [1.29, 1.82) is 0 Å². The molecule has 0 bridgehead atoms. The van der Waals surface area contributed by atoms with Crippen LogP contribution in [0.2, 0.25) is 0 Å². The second kappa shape index (κ2) is 6.86. The molecule has 1 aliphatic rings. The van der Waals surface area contributed by atoms with Crippen LogP contribution in [0.4, 0.5) is 0 Å². The summed E-state index contributed by atoms with van der Waals surface area (Å²) < 4.78 is 11.1. The normalized spacial score (nSPS) is 12.6.